The van der Waals surface area contributed by atoms with Crippen LogP contribution in [0, 0.1) is 5.92 Å². The number of nitrogens with one attached hydrogen (secondary N) is 1. The summed E-state index contributed by atoms with van der Waals surface area (Å²) in [5.74, 6) is 0.353. The predicted molar refractivity (Wildman–Crippen MR) is 95.6 cm³/mol. The molecular weight excluding hydrogens is 324 g/mol. The van der Waals surface area contributed by atoms with Crippen LogP contribution in [0.25, 0.3) is 10.8 Å². The summed E-state index contributed by atoms with van der Waals surface area (Å²) in [4.78, 5) is 2.68. The number of hydrogen-bond donors (Lipinski definition) is 1. The molecule has 1 aliphatic heterocycles. The smallest absolute Gasteiger partial charge is 0.241 e. The zero-order valence-electron chi connectivity index (χ0n) is 13.9. The van der Waals surface area contributed by atoms with Crippen molar-refractivity contribution >= 4 is 20.8 Å². The maximum absolute atomic E-state index is 12.7. The van der Waals surface area contributed by atoms with Gasteiger partial charge in [0.25, 0.3) is 0 Å². The number of benzene rings is 2. The summed E-state index contributed by atoms with van der Waals surface area (Å²) in [6, 6.07) is 13.0. The molecule has 130 valence electrons. The molecule has 6 heteroatoms. The van der Waals surface area contributed by atoms with Gasteiger partial charge in [-0.15, -0.1) is 0 Å². The summed E-state index contributed by atoms with van der Waals surface area (Å²) in [5.41, 5.74) is 0. The van der Waals surface area contributed by atoms with Crippen molar-refractivity contribution in [2.45, 2.75) is 11.3 Å². The van der Waals surface area contributed by atoms with Crippen LogP contribution in [0.4, 0.5) is 0 Å². The van der Waals surface area contributed by atoms with E-state index in [-0.39, 0.29) is 0 Å². The molecule has 24 heavy (non-hydrogen) atoms. The van der Waals surface area contributed by atoms with Crippen LogP contribution in [-0.4, -0.2) is 53.2 Å². The topological polar surface area (TPSA) is 58.6 Å². The molecule has 0 aliphatic carbocycles. The van der Waals surface area contributed by atoms with Crippen molar-refractivity contribution in [3.05, 3.63) is 42.5 Å². The van der Waals surface area contributed by atoms with Gasteiger partial charge in [0.05, 0.1) is 11.5 Å². The van der Waals surface area contributed by atoms with Crippen LogP contribution in [0.3, 0.4) is 0 Å². The van der Waals surface area contributed by atoms with Crippen molar-refractivity contribution < 1.29 is 13.2 Å². The average Bonchev–Trinajstić information content (AvgIpc) is 3.06. The minimum absolute atomic E-state index is 0.353. The molecule has 1 atom stereocenters. The first-order chi connectivity index (χ1) is 11.6. The quantitative estimate of drug-likeness (QED) is 0.832. The van der Waals surface area contributed by atoms with E-state index in [1.54, 1.807) is 19.2 Å². The Morgan fingerprint density at radius 1 is 1.21 bits per heavy atom. The molecule has 1 unspecified atom stereocenters. The molecule has 3 rings (SSSR count). The second kappa shape index (κ2) is 7.61. The summed E-state index contributed by atoms with van der Waals surface area (Å²) in [6.07, 6.45) is 1.02. The van der Waals surface area contributed by atoms with Gasteiger partial charge in [0.15, 0.2) is 0 Å². The Hall–Kier alpha value is -1.47. The van der Waals surface area contributed by atoms with E-state index in [1.165, 1.54) is 0 Å². The standard InChI is InChI=1S/C18H24N2O3S/c1-23-12-11-20-10-9-15(14-20)13-19-24(21,22)18-8-4-6-16-5-2-3-7-17(16)18/h2-8,15,19H,9-14H2,1H3. The third kappa shape index (κ3) is 3.95. The van der Waals surface area contributed by atoms with E-state index in [4.69, 9.17) is 4.74 Å². The third-order valence-electron chi connectivity index (χ3n) is 4.58. The van der Waals surface area contributed by atoms with Crippen LogP contribution in [0.2, 0.25) is 0 Å². The van der Waals surface area contributed by atoms with E-state index in [0.717, 1.165) is 36.8 Å². The Labute approximate surface area is 143 Å². The van der Waals surface area contributed by atoms with Crippen molar-refractivity contribution in [2.75, 3.05) is 39.9 Å². The van der Waals surface area contributed by atoms with Gasteiger partial charge in [-0.25, -0.2) is 13.1 Å². The van der Waals surface area contributed by atoms with Crippen LogP contribution >= 0.6 is 0 Å². The number of ether oxygens (including phenoxy) is 1. The summed E-state index contributed by atoms with van der Waals surface area (Å²) >= 11 is 0. The molecule has 5 nitrogen and oxygen atoms in total. The SMILES string of the molecule is COCCN1CCC(CNS(=O)(=O)c2cccc3ccccc23)C1. The van der Waals surface area contributed by atoms with Crippen LogP contribution in [0.15, 0.2) is 47.4 Å². The fourth-order valence-electron chi connectivity index (χ4n) is 3.24. The summed E-state index contributed by atoms with van der Waals surface area (Å²) in [6.45, 7) is 4.03. The zero-order chi connectivity index (χ0) is 17.0. The highest BCUT2D eigenvalue weighted by Gasteiger charge is 2.24. The zero-order valence-corrected chi connectivity index (χ0v) is 14.8. The molecule has 0 radical (unpaired) electrons. The summed E-state index contributed by atoms with van der Waals surface area (Å²) in [7, 11) is -1.80. The summed E-state index contributed by atoms with van der Waals surface area (Å²) < 4.78 is 33.3. The molecule has 1 heterocycles. The molecule has 2 aromatic rings. The van der Waals surface area contributed by atoms with Gasteiger partial charge >= 0.3 is 0 Å². The van der Waals surface area contributed by atoms with E-state index in [1.807, 2.05) is 30.3 Å². The van der Waals surface area contributed by atoms with Gasteiger partial charge < -0.3 is 9.64 Å². The number of methoxy groups -OCH3 is 1. The second-order valence-corrected chi connectivity index (χ2v) is 8.01. The molecule has 0 aromatic heterocycles. The number of likely N-dealkylation sites (tertiary alicyclic amines) is 1. The maximum Gasteiger partial charge on any atom is 0.241 e. The first-order valence-corrected chi connectivity index (χ1v) is 9.77. The van der Waals surface area contributed by atoms with Gasteiger partial charge in [-0.1, -0.05) is 36.4 Å². The van der Waals surface area contributed by atoms with E-state index in [9.17, 15) is 8.42 Å². The van der Waals surface area contributed by atoms with E-state index in [2.05, 4.69) is 9.62 Å². The van der Waals surface area contributed by atoms with Crippen molar-refractivity contribution in [3.63, 3.8) is 0 Å². The lowest BCUT2D eigenvalue weighted by Crippen LogP contribution is -2.32. The molecular formula is C18H24N2O3S. The third-order valence-corrected chi connectivity index (χ3v) is 6.06. The van der Waals surface area contributed by atoms with E-state index < -0.39 is 10.0 Å². The van der Waals surface area contributed by atoms with Crippen molar-refractivity contribution in [3.8, 4) is 0 Å². The van der Waals surface area contributed by atoms with Gasteiger partial charge in [-0.2, -0.15) is 0 Å². The molecule has 0 saturated carbocycles. The van der Waals surface area contributed by atoms with Crippen LogP contribution < -0.4 is 4.72 Å². The first kappa shape index (κ1) is 17.4. The second-order valence-electron chi connectivity index (χ2n) is 6.28. The van der Waals surface area contributed by atoms with Crippen LogP contribution in [0.5, 0.6) is 0 Å². The minimum atomic E-state index is -3.50. The number of nitrogens with zero attached hydrogens (tertiary/aromatic N) is 1. The van der Waals surface area contributed by atoms with Gasteiger partial charge in [0.1, 0.15) is 0 Å². The highest BCUT2D eigenvalue weighted by atomic mass is 32.2. The number of rotatable bonds is 7. The Kier molecular flexibility index (Phi) is 5.50. The minimum Gasteiger partial charge on any atom is -0.383 e. The monoisotopic (exact) mass is 348 g/mol. The van der Waals surface area contributed by atoms with Crippen LogP contribution in [0.1, 0.15) is 6.42 Å². The normalized spacial score (nSPS) is 19.1. The molecule has 1 fully saturated rings. The Balaban J connectivity index is 1.66. The predicted octanol–water partition coefficient (Wildman–Crippen LogP) is 2.09. The number of fused-ring (bicyclic) bond motifs is 1. The number of hydrogen-bond acceptors (Lipinski definition) is 4. The van der Waals surface area contributed by atoms with E-state index in [0.29, 0.717) is 24.0 Å². The van der Waals surface area contributed by atoms with Crippen molar-refractivity contribution in [2.24, 2.45) is 5.92 Å². The molecule has 1 aliphatic rings. The van der Waals surface area contributed by atoms with Gasteiger partial charge in [-0.3, -0.25) is 0 Å². The van der Waals surface area contributed by atoms with Crippen molar-refractivity contribution in [1.29, 1.82) is 0 Å². The Bertz CT molecular complexity index is 786. The molecule has 0 spiro atoms. The fourth-order valence-corrected chi connectivity index (χ4v) is 4.58. The van der Waals surface area contributed by atoms with E-state index >= 15 is 0 Å². The molecule has 0 bridgehead atoms. The van der Waals surface area contributed by atoms with Gasteiger partial charge in [-0.05, 0) is 30.3 Å². The Morgan fingerprint density at radius 3 is 2.83 bits per heavy atom. The highest BCUT2D eigenvalue weighted by molar-refractivity contribution is 7.89. The maximum atomic E-state index is 12.7. The largest absolute Gasteiger partial charge is 0.383 e. The lowest BCUT2D eigenvalue weighted by atomic mass is 10.1. The van der Waals surface area contributed by atoms with Gasteiger partial charge in [0, 0.05) is 32.1 Å². The highest BCUT2D eigenvalue weighted by Crippen LogP contribution is 2.23. The van der Waals surface area contributed by atoms with Crippen LogP contribution in [-0.2, 0) is 14.8 Å². The van der Waals surface area contributed by atoms with Gasteiger partial charge in [0.2, 0.25) is 10.0 Å². The summed E-state index contributed by atoms with van der Waals surface area (Å²) in [5, 5.41) is 1.70. The lowest BCUT2D eigenvalue weighted by molar-refractivity contribution is 0.159. The molecule has 2 aromatic carbocycles. The lowest BCUT2D eigenvalue weighted by Gasteiger charge is -2.16. The Morgan fingerprint density at radius 2 is 2.00 bits per heavy atom. The number of sulfonamides is 1. The average molecular weight is 348 g/mol. The fraction of sp³-hybridized carbons (Fsp3) is 0.444. The van der Waals surface area contributed by atoms with Crippen molar-refractivity contribution in [1.82, 2.24) is 9.62 Å². The molecule has 1 N–H and O–H groups in total. The first-order valence-electron chi connectivity index (χ1n) is 8.29. The molecule has 0 amide bonds. The molecule has 1 saturated heterocycles.